The average Bonchev–Trinajstić information content (AvgIpc) is 3.17. The molecule has 22 heavy (non-hydrogen) atoms. The number of amides is 2. The Morgan fingerprint density at radius 2 is 2.05 bits per heavy atom. The molecule has 1 atom stereocenters. The number of hydrogen-bond donors (Lipinski definition) is 1. The Hall–Kier alpha value is -2.56. The van der Waals surface area contributed by atoms with E-state index in [-0.39, 0.29) is 24.2 Å². The maximum absolute atomic E-state index is 12.2. The van der Waals surface area contributed by atoms with Crippen LogP contribution in [0.3, 0.4) is 0 Å². The lowest BCUT2D eigenvalue weighted by Crippen LogP contribution is -2.32. The van der Waals surface area contributed by atoms with E-state index in [0.29, 0.717) is 19.6 Å². The predicted molar refractivity (Wildman–Crippen MR) is 80.5 cm³/mol. The number of nitrogens with zero attached hydrogens (tertiary/aromatic N) is 1. The minimum atomic E-state index is -0.286. The van der Waals surface area contributed by atoms with Crippen LogP contribution in [0.5, 0.6) is 0 Å². The van der Waals surface area contributed by atoms with Crippen LogP contribution in [0, 0.1) is 5.92 Å². The summed E-state index contributed by atoms with van der Waals surface area (Å²) >= 11 is 0. The lowest BCUT2D eigenvalue weighted by Gasteiger charge is -2.15. The van der Waals surface area contributed by atoms with Crippen molar-refractivity contribution < 1.29 is 14.0 Å². The molecule has 1 N–H and O–H groups in total. The minimum absolute atomic E-state index is 0.00346. The number of carbonyl (C=O) groups excluding carboxylic acids is 2. The molecule has 1 fully saturated rings. The highest BCUT2D eigenvalue weighted by molar-refractivity contribution is 5.89. The van der Waals surface area contributed by atoms with Gasteiger partial charge in [-0.25, -0.2) is 0 Å². The van der Waals surface area contributed by atoms with Gasteiger partial charge in [-0.05, 0) is 17.7 Å². The van der Waals surface area contributed by atoms with E-state index in [9.17, 15) is 9.59 Å². The van der Waals surface area contributed by atoms with E-state index in [2.05, 4.69) is 5.32 Å². The zero-order valence-electron chi connectivity index (χ0n) is 12.2. The second-order valence-corrected chi connectivity index (χ2v) is 5.46. The molecular weight excluding hydrogens is 280 g/mol. The molecule has 1 aliphatic rings. The fourth-order valence-corrected chi connectivity index (χ4v) is 2.62. The normalized spacial score (nSPS) is 17.7. The van der Waals surface area contributed by atoms with E-state index < -0.39 is 0 Å². The lowest BCUT2D eigenvalue weighted by atomic mass is 10.1. The Morgan fingerprint density at radius 1 is 1.23 bits per heavy atom. The molecule has 5 nitrogen and oxygen atoms in total. The molecule has 5 heteroatoms. The number of benzene rings is 1. The first kappa shape index (κ1) is 14.4. The summed E-state index contributed by atoms with van der Waals surface area (Å²) in [6.45, 7) is 1.36. The van der Waals surface area contributed by atoms with Crippen LogP contribution in [0.1, 0.15) is 17.7 Å². The Kier molecular flexibility index (Phi) is 4.23. The van der Waals surface area contributed by atoms with E-state index in [1.807, 2.05) is 36.4 Å². The van der Waals surface area contributed by atoms with E-state index in [1.165, 1.54) is 0 Å². The van der Waals surface area contributed by atoms with Crippen LogP contribution in [0.4, 0.5) is 0 Å². The SMILES string of the molecule is O=C(NCc1ccccc1)[C@@H]1CC(=O)N(Cc2ccco2)C1. The summed E-state index contributed by atoms with van der Waals surface area (Å²) in [7, 11) is 0. The van der Waals surface area contributed by atoms with Gasteiger partial charge in [0, 0.05) is 19.5 Å². The number of nitrogens with one attached hydrogen (secondary N) is 1. The zero-order chi connectivity index (χ0) is 15.4. The van der Waals surface area contributed by atoms with Crippen molar-refractivity contribution in [3.8, 4) is 0 Å². The van der Waals surface area contributed by atoms with Gasteiger partial charge in [0.2, 0.25) is 11.8 Å². The molecule has 0 bridgehead atoms. The zero-order valence-corrected chi connectivity index (χ0v) is 12.2. The maximum atomic E-state index is 12.2. The number of hydrogen-bond acceptors (Lipinski definition) is 3. The molecule has 0 spiro atoms. The molecule has 2 aromatic rings. The van der Waals surface area contributed by atoms with E-state index >= 15 is 0 Å². The van der Waals surface area contributed by atoms with Gasteiger partial charge in [-0.1, -0.05) is 30.3 Å². The van der Waals surface area contributed by atoms with Crippen molar-refractivity contribution in [1.82, 2.24) is 10.2 Å². The molecule has 0 radical (unpaired) electrons. The first-order valence-corrected chi connectivity index (χ1v) is 7.34. The summed E-state index contributed by atoms with van der Waals surface area (Å²) in [6.07, 6.45) is 1.85. The summed E-state index contributed by atoms with van der Waals surface area (Å²) in [5, 5.41) is 2.90. The van der Waals surface area contributed by atoms with Crippen molar-refractivity contribution in [2.45, 2.75) is 19.5 Å². The van der Waals surface area contributed by atoms with Gasteiger partial charge in [-0.15, -0.1) is 0 Å². The quantitative estimate of drug-likeness (QED) is 0.917. The largest absolute Gasteiger partial charge is 0.467 e. The van der Waals surface area contributed by atoms with Crippen molar-refractivity contribution in [1.29, 1.82) is 0 Å². The Bertz CT molecular complexity index is 637. The summed E-state index contributed by atoms with van der Waals surface area (Å²) in [4.78, 5) is 25.9. The van der Waals surface area contributed by atoms with Crippen LogP contribution in [0.2, 0.25) is 0 Å². The van der Waals surface area contributed by atoms with Gasteiger partial charge in [0.05, 0.1) is 18.7 Å². The highest BCUT2D eigenvalue weighted by atomic mass is 16.3. The first-order valence-electron chi connectivity index (χ1n) is 7.34. The molecule has 1 aromatic carbocycles. The summed E-state index contributed by atoms with van der Waals surface area (Å²) < 4.78 is 5.25. The second kappa shape index (κ2) is 6.47. The van der Waals surface area contributed by atoms with Crippen molar-refractivity contribution in [2.75, 3.05) is 6.54 Å². The molecule has 0 saturated carbocycles. The summed E-state index contributed by atoms with van der Waals surface area (Å²) in [5.41, 5.74) is 1.05. The second-order valence-electron chi connectivity index (χ2n) is 5.46. The fraction of sp³-hybridized carbons (Fsp3) is 0.294. The van der Waals surface area contributed by atoms with Crippen molar-refractivity contribution in [3.63, 3.8) is 0 Å². The van der Waals surface area contributed by atoms with Gasteiger partial charge in [-0.3, -0.25) is 9.59 Å². The minimum Gasteiger partial charge on any atom is -0.467 e. The number of carbonyl (C=O) groups is 2. The molecular formula is C17H18N2O3. The van der Waals surface area contributed by atoms with Gasteiger partial charge in [0.15, 0.2) is 0 Å². The van der Waals surface area contributed by atoms with Crippen LogP contribution in [-0.2, 0) is 22.7 Å². The van der Waals surface area contributed by atoms with Crippen LogP contribution in [0.15, 0.2) is 53.1 Å². The smallest absolute Gasteiger partial charge is 0.225 e. The fourth-order valence-electron chi connectivity index (χ4n) is 2.62. The Morgan fingerprint density at radius 3 is 2.77 bits per heavy atom. The van der Waals surface area contributed by atoms with Crippen LogP contribution < -0.4 is 5.32 Å². The Labute approximate surface area is 128 Å². The molecule has 1 saturated heterocycles. The highest BCUT2D eigenvalue weighted by Gasteiger charge is 2.34. The van der Waals surface area contributed by atoms with Gasteiger partial charge in [0.25, 0.3) is 0 Å². The topological polar surface area (TPSA) is 62.6 Å². The van der Waals surface area contributed by atoms with Crippen molar-refractivity contribution in [2.24, 2.45) is 5.92 Å². The third-order valence-electron chi connectivity index (χ3n) is 3.82. The predicted octanol–water partition coefficient (Wildman–Crippen LogP) is 1.94. The highest BCUT2D eigenvalue weighted by Crippen LogP contribution is 2.20. The van der Waals surface area contributed by atoms with E-state index in [1.54, 1.807) is 17.2 Å². The van der Waals surface area contributed by atoms with E-state index in [4.69, 9.17) is 4.42 Å². The van der Waals surface area contributed by atoms with Gasteiger partial charge in [0.1, 0.15) is 5.76 Å². The molecule has 114 valence electrons. The molecule has 0 aliphatic carbocycles. The lowest BCUT2D eigenvalue weighted by molar-refractivity contribution is -0.129. The van der Waals surface area contributed by atoms with E-state index in [0.717, 1.165) is 11.3 Å². The standard InChI is InChI=1S/C17H18N2O3/c20-16-9-14(11-19(16)12-15-7-4-8-22-15)17(21)18-10-13-5-2-1-3-6-13/h1-8,14H,9-12H2,(H,18,21)/t14-/m1/s1. The molecule has 3 rings (SSSR count). The molecule has 2 amide bonds. The molecule has 0 unspecified atom stereocenters. The Balaban J connectivity index is 1.52. The van der Waals surface area contributed by atoms with Crippen LogP contribution in [0.25, 0.3) is 0 Å². The van der Waals surface area contributed by atoms with Crippen molar-refractivity contribution in [3.05, 3.63) is 60.1 Å². The van der Waals surface area contributed by atoms with Gasteiger partial charge >= 0.3 is 0 Å². The summed E-state index contributed by atoms with van der Waals surface area (Å²) in [5.74, 6) is 0.375. The number of furan rings is 1. The average molecular weight is 298 g/mol. The number of likely N-dealkylation sites (tertiary alicyclic amines) is 1. The van der Waals surface area contributed by atoms with Crippen molar-refractivity contribution >= 4 is 11.8 Å². The van der Waals surface area contributed by atoms with Crippen LogP contribution in [-0.4, -0.2) is 23.3 Å². The third kappa shape index (κ3) is 3.36. The van der Waals surface area contributed by atoms with Gasteiger partial charge in [-0.2, -0.15) is 0 Å². The third-order valence-corrected chi connectivity index (χ3v) is 3.82. The molecule has 1 aliphatic heterocycles. The summed E-state index contributed by atoms with van der Waals surface area (Å²) in [6, 6.07) is 13.4. The maximum Gasteiger partial charge on any atom is 0.225 e. The van der Waals surface area contributed by atoms with Gasteiger partial charge < -0.3 is 14.6 Å². The molecule has 1 aromatic heterocycles. The first-order chi connectivity index (χ1) is 10.7. The van der Waals surface area contributed by atoms with Crippen LogP contribution >= 0.6 is 0 Å². The molecule has 2 heterocycles. The number of rotatable bonds is 5. The monoisotopic (exact) mass is 298 g/mol.